The highest BCUT2D eigenvalue weighted by Gasteiger charge is 2.21. The van der Waals surface area contributed by atoms with Crippen molar-refractivity contribution >= 4 is 23.2 Å². The quantitative estimate of drug-likeness (QED) is 0.868. The summed E-state index contributed by atoms with van der Waals surface area (Å²) in [6.45, 7) is 2.58. The van der Waals surface area contributed by atoms with Crippen LogP contribution >= 0.6 is 0 Å². The maximum Gasteiger partial charge on any atom is 0.227 e. The molecule has 90 valence electrons. The predicted molar refractivity (Wildman–Crippen MR) is 66.9 cm³/mol. The number of nitrogens with one attached hydrogen (secondary N) is 1. The maximum absolute atomic E-state index is 11.6. The lowest BCUT2D eigenvalue weighted by Crippen LogP contribution is -2.23. The Morgan fingerprint density at radius 1 is 1.47 bits per heavy atom. The van der Waals surface area contributed by atoms with Gasteiger partial charge in [-0.1, -0.05) is 13.0 Å². The molecule has 1 aliphatic heterocycles. The number of anilines is 2. The molecule has 0 spiro atoms. The van der Waals surface area contributed by atoms with Crippen molar-refractivity contribution in [1.82, 2.24) is 0 Å². The van der Waals surface area contributed by atoms with Gasteiger partial charge in [0.1, 0.15) is 0 Å². The molecule has 4 nitrogen and oxygen atoms in total. The van der Waals surface area contributed by atoms with Crippen molar-refractivity contribution in [3.8, 4) is 0 Å². The van der Waals surface area contributed by atoms with Crippen LogP contribution in [0.1, 0.15) is 26.2 Å². The lowest BCUT2D eigenvalue weighted by molar-refractivity contribution is -0.117. The first kappa shape index (κ1) is 11.6. The molecular weight excluding hydrogens is 216 g/mol. The second kappa shape index (κ2) is 4.99. The van der Waals surface area contributed by atoms with E-state index in [1.807, 2.05) is 31.2 Å². The molecule has 0 radical (unpaired) electrons. The Labute approximate surface area is 101 Å². The molecule has 0 saturated carbocycles. The molecule has 2 amide bonds. The Morgan fingerprint density at radius 3 is 2.94 bits per heavy atom. The number of rotatable bonds is 3. The van der Waals surface area contributed by atoms with E-state index >= 15 is 0 Å². The van der Waals surface area contributed by atoms with Crippen LogP contribution in [0.15, 0.2) is 24.3 Å². The highest BCUT2D eigenvalue weighted by atomic mass is 16.2. The standard InChI is InChI=1S/C13H16N2O2/c1-2-12(16)14-10-5-3-6-11(9-10)15-8-4-7-13(15)17/h3,5-6,9H,2,4,7-8H2,1H3,(H,14,16). The van der Waals surface area contributed by atoms with E-state index in [1.54, 1.807) is 4.90 Å². The third kappa shape index (κ3) is 2.64. The average molecular weight is 232 g/mol. The molecule has 17 heavy (non-hydrogen) atoms. The zero-order chi connectivity index (χ0) is 12.3. The van der Waals surface area contributed by atoms with Crippen LogP contribution in [0.4, 0.5) is 11.4 Å². The molecule has 1 aliphatic rings. The first-order valence-corrected chi connectivity index (χ1v) is 5.91. The van der Waals surface area contributed by atoms with Crippen LogP contribution in [0.3, 0.4) is 0 Å². The summed E-state index contributed by atoms with van der Waals surface area (Å²) in [5.74, 6) is 0.138. The van der Waals surface area contributed by atoms with Crippen LogP contribution in [0, 0.1) is 0 Å². The lowest BCUT2D eigenvalue weighted by Gasteiger charge is -2.16. The van der Waals surface area contributed by atoms with Gasteiger partial charge in [-0.3, -0.25) is 9.59 Å². The summed E-state index contributed by atoms with van der Waals surface area (Å²) in [4.78, 5) is 24.7. The summed E-state index contributed by atoms with van der Waals surface area (Å²) in [6.07, 6.45) is 1.97. The van der Waals surface area contributed by atoms with E-state index in [0.717, 1.165) is 24.3 Å². The normalized spacial score (nSPS) is 15.1. The fraction of sp³-hybridized carbons (Fsp3) is 0.385. The van der Waals surface area contributed by atoms with E-state index in [2.05, 4.69) is 5.32 Å². The van der Waals surface area contributed by atoms with Crippen LogP contribution in [0.2, 0.25) is 0 Å². The predicted octanol–water partition coefficient (Wildman–Crippen LogP) is 2.16. The van der Waals surface area contributed by atoms with E-state index in [1.165, 1.54) is 0 Å². The average Bonchev–Trinajstić information content (AvgIpc) is 2.75. The molecule has 1 aromatic carbocycles. The second-order valence-electron chi connectivity index (χ2n) is 4.10. The zero-order valence-corrected chi connectivity index (χ0v) is 9.90. The van der Waals surface area contributed by atoms with Crippen LogP contribution < -0.4 is 10.2 Å². The van der Waals surface area contributed by atoms with Crippen molar-refractivity contribution in [2.24, 2.45) is 0 Å². The summed E-state index contributed by atoms with van der Waals surface area (Å²) in [7, 11) is 0. The lowest BCUT2D eigenvalue weighted by atomic mass is 10.2. The number of amides is 2. The molecule has 1 aromatic rings. The summed E-state index contributed by atoms with van der Waals surface area (Å²) in [6, 6.07) is 7.42. The van der Waals surface area contributed by atoms with Gasteiger partial charge < -0.3 is 10.2 Å². The molecule has 1 N–H and O–H groups in total. The fourth-order valence-electron chi connectivity index (χ4n) is 1.92. The Bertz CT molecular complexity index is 443. The highest BCUT2D eigenvalue weighted by molar-refractivity contribution is 5.97. The minimum atomic E-state index is -0.0186. The third-order valence-electron chi connectivity index (χ3n) is 2.84. The Morgan fingerprint density at radius 2 is 2.29 bits per heavy atom. The SMILES string of the molecule is CCC(=O)Nc1cccc(N2CCCC2=O)c1. The van der Waals surface area contributed by atoms with Crippen LogP contribution in [-0.4, -0.2) is 18.4 Å². The monoisotopic (exact) mass is 232 g/mol. The van der Waals surface area contributed by atoms with Gasteiger partial charge in [0.25, 0.3) is 0 Å². The Balaban J connectivity index is 2.16. The summed E-state index contributed by atoms with van der Waals surface area (Å²) in [5, 5.41) is 2.79. The maximum atomic E-state index is 11.6. The number of benzene rings is 1. The molecule has 2 rings (SSSR count). The molecule has 4 heteroatoms. The van der Waals surface area contributed by atoms with E-state index in [9.17, 15) is 9.59 Å². The molecular formula is C13H16N2O2. The first-order chi connectivity index (χ1) is 8.20. The minimum Gasteiger partial charge on any atom is -0.326 e. The Kier molecular flexibility index (Phi) is 3.42. The van der Waals surface area contributed by atoms with E-state index in [-0.39, 0.29) is 11.8 Å². The minimum absolute atomic E-state index is 0.0186. The van der Waals surface area contributed by atoms with Gasteiger partial charge in [0, 0.05) is 30.8 Å². The van der Waals surface area contributed by atoms with Gasteiger partial charge in [0.2, 0.25) is 11.8 Å². The van der Waals surface area contributed by atoms with Crippen molar-refractivity contribution in [1.29, 1.82) is 0 Å². The van der Waals surface area contributed by atoms with Gasteiger partial charge in [-0.2, -0.15) is 0 Å². The summed E-state index contributed by atoms with van der Waals surface area (Å²) >= 11 is 0. The largest absolute Gasteiger partial charge is 0.326 e. The van der Waals surface area contributed by atoms with Crippen molar-refractivity contribution in [2.45, 2.75) is 26.2 Å². The van der Waals surface area contributed by atoms with Crippen molar-refractivity contribution in [2.75, 3.05) is 16.8 Å². The second-order valence-corrected chi connectivity index (χ2v) is 4.10. The topological polar surface area (TPSA) is 49.4 Å². The molecule has 0 aliphatic carbocycles. The molecule has 0 atom stereocenters. The van der Waals surface area contributed by atoms with Crippen LogP contribution in [0.5, 0.6) is 0 Å². The van der Waals surface area contributed by atoms with E-state index < -0.39 is 0 Å². The van der Waals surface area contributed by atoms with Crippen LogP contribution in [-0.2, 0) is 9.59 Å². The number of carbonyl (C=O) groups is 2. The smallest absolute Gasteiger partial charge is 0.227 e. The molecule has 0 unspecified atom stereocenters. The van der Waals surface area contributed by atoms with Crippen molar-refractivity contribution in [3.05, 3.63) is 24.3 Å². The Hall–Kier alpha value is -1.84. The summed E-state index contributed by atoms with van der Waals surface area (Å²) < 4.78 is 0. The number of nitrogens with zero attached hydrogens (tertiary/aromatic N) is 1. The van der Waals surface area contributed by atoms with E-state index in [4.69, 9.17) is 0 Å². The number of hydrogen-bond acceptors (Lipinski definition) is 2. The molecule has 1 heterocycles. The molecule has 1 fully saturated rings. The number of carbonyl (C=O) groups excluding carboxylic acids is 2. The zero-order valence-electron chi connectivity index (χ0n) is 9.90. The van der Waals surface area contributed by atoms with E-state index in [0.29, 0.717) is 12.8 Å². The number of hydrogen-bond donors (Lipinski definition) is 1. The molecule has 0 bridgehead atoms. The summed E-state index contributed by atoms with van der Waals surface area (Å²) in [5.41, 5.74) is 1.61. The van der Waals surface area contributed by atoms with Crippen molar-refractivity contribution < 1.29 is 9.59 Å². The van der Waals surface area contributed by atoms with Gasteiger partial charge in [0.05, 0.1) is 0 Å². The third-order valence-corrected chi connectivity index (χ3v) is 2.84. The van der Waals surface area contributed by atoms with Gasteiger partial charge in [-0.05, 0) is 24.6 Å². The van der Waals surface area contributed by atoms with Gasteiger partial charge in [0.15, 0.2) is 0 Å². The first-order valence-electron chi connectivity index (χ1n) is 5.91. The van der Waals surface area contributed by atoms with Crippen molar-refractivity contribution in [3.63, 3.8) is 0 Å². The van der Waals surface area contributed by atoms with Crippen LogP contribution in [0.25, 0.3) is 0 Å². The fourth-order valence-corrected chi connectivity index (χ4v) is 1.92. The highest BCUT2D eigenvalue weighted by Crippen LogP contribution is 2.24. The van der Waals surface area contributed by atoms with Gasteiger partial charge >= 0.3 is 0 Å². The van der Waals surface area contributed by atoms with Gasteiger partial charge in [-0.15, -0.1) is 0 Å². The molecule has 1 saturated heterocycles. The van der Waals surface area contributed by atoms with Gasteiger partial charge in [-0.25, -0.2) is 0 Å². The molecule has 0 aromatic heterocycles.